The van der Waals surface area contributed by atoms with E-state index in [4.69, 9.17) is 15.2 Å². The number of methoxy groups -OCH3 is 1. The first-order valence-corrected chi connectivity index (χ1v) is 6.94. The van der Waals surface area contributed by atoms with Gasteiger partial charge in [-0.2, -0.15) is 0 Å². The Bertz CT molecular complexity index is 490. The second-order valence-electron chi connectivity index (χ2n) is 5.03. The van der Waals surface area contributed by atoms with Crippen molar-refractivity contribution in [1.82, 2.24) is 0 Å². The molecule has 0 saturated carbocycles. The zero-order valence-electron chi connectivity index (χ0n) is 12.3. The third-order valence-corrected chi connectivity index (χ3v) is 3.59. The van der Waals surface area contributed by atoms with Crippen LogP contribution in [-0.2, 0) is 16.1 Å². The predicted molar refractivity (Wildman–Crippen MR) is 77.9 cm³/mol. The van der Waals surface area contributed by atoms with Gasteiger partial charge < -0.3 is 20.1 Å². The number of fused-ring (bicyclic) bond motifs is 1. The van der Waals surface area contributed by atoms with Gasteiger partial charge in [-0.05, 0) is 31.0 Å². The van der Waals surface area contributed by atoms with E-state index in [1.807, 2.05) is 32.0 Å². The second kappa shape index (κ2) is 6.13. The number of nitrogens with zero attached hydrogens (tertiary/aromatic N) is 1. The van der Waals surface area contributed by atoms with Crippen molar-refractivity contribution in [3.05, 3.63) is 23.8 Å². The van der Waals surface area contributed by atoms with Gasteiger partial charge in [0.15, 0.2) is 0 Å². The monoisotopic (exact) mass is 278 g/mol. The Kier molecular flexibility index (Phi) is 4.49. The number of carbonyl (C=O) groups is 1. The lowest BCUT2D eigenvalue weighted by Crippen LogP contribution is -2.48. The number of ether oxygens (including phenoxy) is 2. The normalized spacial score (nSPS) is 19.0. The van der Waals surface area contributed by atoms with Gasteiger partial charge in [-0.15, -0.1) is 0 Å². The molecule has 1 heterocycles. The van der Waals surface area contributed by atoms with E-state index in [-0.39, 0.29) is 18.1 Å². The Morgan fingerprint density at radius 3 is 2.95 bits per heavy atom. The van der Waals surface area contributed by atoms with Crippen LogP contribution in [0.15, 0.2) is 18.2 Å². The van der Waals surface area contributed by atoms with Crippen LogP contribution in [0.1, 0.15) is 25.8 Å². The van der Waals surface area contributed by atoms with Crippen molar-refractivity contribution < 1.29 is 14.3 Å². The molecule has 2 unspecified atom stereocenters. The van der Waals surface area contributed by atoms with Crippen molar-refractivity contribution >= 4 is 11.7 Å². The third kappa shape index (κ3) is 2.72. The van der Waals surface area contributed by atoms with E-state index in [0.717, 1.165) is 17.0 Å². The van der Waals surface area contributed by atoms with Crippen LogP contribution in [0.2, 0.25) is 0 Å². The first kappa shape index (κ1) is 14.7. The molecular formula is C15H22N2O3. The first-order chi connectivity index (χ1) is 9.60. The van der Waals surface area contributed by atoms with E-state index in [9.17, 15) is 4.79 Å². The SMILES string of the molecule is CCC(C(=O)OC)N1CC(C)Oc2cc(CN)ccc21. The highest BCUT2D eigenvalue weighted by Crippen LogP contribution is 2.36. The maximum atomic E-state index is 12.0. The first-order valence-electron chi connectivity index (χ1n) is 6.94. The Morgan fingerprint density at radius 2 is 2.35 bits per heavy atom. The molecule has 5 heteroatoms. The average Bonchev–Trinajstić information content (AvgIpc) is 2.46. The average molecular weight is 278 g/mol. The molecule has 2 N–H and O–H groups in total. The zero-order valence-corrected chi connectivity index (χ0v) is 12.3. The topological polar surface area (TPSA) is 64.8 Å². The fourth-order valence-electron chi connectivity index (χ4n) is 2.59. The van der Waals surface area contributed by atoms with Gasteiger partial charge in [0.1, 0.15) is 17.9 Å². The molecule has 0 amide bonds. The molecule has 1 aliphatic rings. The van der Waals surface area contributed by atoms with Gasteiger partial charge in [-0.3, -0.25) is 0 Å². The van der Waals surface area contributed by atoms with E-state index in [1.54, 1.807) is 0 Å². The van der Waals surface area contributed by atoms with Gasteiger partial charge in [-0.25, -0.2) is 4.79 Å². The predicted octanol–water partition coefficient (Wildman–Crippen LogP) is 1.68. The summed E-state index contributed by atoms with van der Waals surface area (Å²) in [6.45, 7) is 5.12. The van der Waals surface area contributed by atoms with Crippen molar-refractivity contribution in [2.45, 2.75) is 39.0 Å². The standard InChI is InChI=1S/C15H22N2O3/c1-4-12(15(18)19-3)17-9-10(2)20-14-7-11(8-16)5-6-13(14)17/h5-7,10,12H,4,8-9,16H2,1-3H3. The summed E-state index contributed by atoms with van der Waals surface area (Å²) in [7, 11) is 1.42. The Hall–Kier alpha value is -1.75. The number of nitrogens with two attached hydrogens (primary N) is 1. The number of rotatable bonds is 4. The van der Waals surface area contributed by atoms with Crippen LogP contribution in [0, 0.1) is 0 Å². The minimum Gasteiger partial charge on any atom is -0.487 e. The second-order valence-corrected chi connectivity index (χ2v) is 5.03. The smallest absolute Gasteiger partial charge is 0.328 e. The van der Waals surface area contributed by atoms with Crippen LogP contribution < -0.4 is 15.4 Å². The van der Waals surface area contributed by atoms with Crippen LogP contribution in [0.3, 0.4) is 0 Å². The highest BCUT2D eigenvalue weighted by atomic mass is 16.5. The van der Waals surface area contributed by atoms with Gasteiger partial charge >= 0.3 is 5.97 Å². The molecule has 5 nitrogen and oxygen atoms in total. The number of hydrogen-bond acceptors (Lipinski definition) is 5. The molecule has 20 heavy (non-hydrogen) atoms. The Labute approximate surface area is 119 Å². The van der Waals surface area contributed by atoms with Crippen molar-refractivity contribution in [2.24, 2.45) is 5.73 Å². The van der Waals surface area contributed by atoms with Crippen molar-refractivity contribution in [2.75, 3.05) is 18.6 Å². The molecule has 0 aromatic heterocycles. The Morgan fingerprint density at radius 1 is 1.60 bits per heavy atom. The minimum absolute atomic E-state index is 0.0224. The summed E-state index contributed by atoms with van der Waals surface area (Å²) < 4.78 is 10.8. The van der Waals surface area contributed by atoms with Crippen molar-refractivity contribution in [3.63, 3.8) is 0 Å². The van der Waals surface area contributed by atoms with E-state index in [1.165, 1.54) is 7.11 Å². The summed E-state index contributed by atoms with van der Waals surface area (Å²) >= 11 is 0. The van der Waals surface area contributed by atoms with Crippen LogP contribution >= 0.6 is 0 Å². The molecule has 1 aromatic carbocycles. The lowest BCUT2D eigenvalue weighted by atomic mass is 10.1. The fourth-order valence-corrected chi connectivity index (χ4v) is 2.59. The van der Waals surface area contributed by atoms with Gasteiger partial charge in [0.2, 0.25) is 0 Å². The van der Waals surface area contributed by atoms with Crippen LogP contribution in [-0.4, -0.2) is 31.8 Å². The molecule has 0 fully saturated rings. The highest BCUT2D eigenvalue weighted by molar-refractivity contribution is 5.81. The summed E-state index contributed by atoms with van der Waals surface area (Å²) in [6, 6.07) is 5.60. The molecule has 2 atom stereocenters. The lowest BCUT2D eigenvalue weighted by molar-refractivity contribution is -0.142. The van der Waals surface area contributed by atoms with Gasteiger partial charge in [0, 0.05) is 6.54 Å². The van der Waals surface area contributed by atoms with Crippen LogP contribution in [0.25, 0.3) is 0 Å². The third-order valence-electron chi connectivity index (χ3n) is 3.59. The maximum Gasteiger partial charge on any atom is 0.328 e. The summed E-state index contributed by atoms with van der Waals surface area (Å²) in [5, 5.41) is 0. The van der Waals surface area contributed by atoms with Crippen molar-refractivity contribution in [3.8, 4) is 5.75 Å². The molecule has 2 rings (SSSR count). The summed E-state index contributed by atoms with van der Waals surface area (Å²) in [5.74, 6) is 0.574. The van der Waals surface area contributed by atoms with Gasteiger partial charge in [-0.1, -0.05) is 13.0 Å². The largest absolute Gasteiger partial charge is 0.487 e. The number of esters is 1. The highest BCUT2D eigenvalue weighted by Gasteiger charge is 2.32. The Balaban J connectivity index is 2.39. The molecule has 0 radical (unpaired) electrons. The van der Waals surface area contributed by atoms with Gasteiger partial charge in [0.05, 0.1) is 19.3 Å². The summed E-state index contributed by atoms with van der Waals surface area (Å²) in [4.78, 5) is 14.0. The van der Waals surface area contributed by atoms with E-state index in [0.29, 0.717) is 19.5 Å². The van der Waals surface area contributed by atoms with Gasteiger partial charge in [0.25, 0.3) is 0 Å². The fraction of sp³-hybridized carbons (Fsp3) is 0.533. The zero-order chi connectivity index (χ0) is 14.7. The van der Waals surface area contributed by atoms with E-state index < -0.39 is 0 Å². The quantitative estimate of drug-likeness (QED) is 0.849. The molecule has 1 aliphatic heterocycles. The summed E-state index contributed by atoms with van der Waals surface area (Å²) in [5.41, 5.74) is 7.61. The molecule has 0 spiro atoms. The molecular weight excluding hydrogens is 256 g/mol. The number of hydrogen-bond donors (Lipinski definition) is 1. The van der Waals surface area contributed by atoms with Crippen LogP contribution in [0.5, 0.6) is 5.75 Å². The number of benzene rings is 1. The van der Waals surface area contributed by atoms with E-state index >= 15 is 0 Å². The molecule has 0 aliphatic carbocycles. The molecule has 1 aromatic rings. The lowest BCUT2D eigenvalue weighted by Gasteiger charge is -2.38. The molecule has 0 saturated heterocycles. The molecule has 0 bridgehead atoms. The van der Waals surface area contributed by atoms with Crippen molar-refractivity contribution in [1.29, 1.82) is 0 Å². The van der Waals surface area contributed by atoms with E-state index in [2.05, 4.69) is 4.90 Å². The number of carbonyl (C=O) groups excluding carboxylic acids is 1. The number of anilines is 1. The molecule has 110 valence electrons. The minimum atomic E-state index is -0.283. The maximum absolute atomic E-state index is 12.0. The van der Waals surface area contributed by atoms with Crippen LogP contribution in [0.4, 0.5) is 5.69 Å². The summed E-state index contributed by atoms with van der Waals surface area (Å²) in [6.07, 6.45) is 0.714.